The van der Waals surface area contributed by atoms with E-state index < -0.39 is 0 Å². The predicted octanol–water partition coefficient (Wildman–Crippen LogP) is 3.21. The molecule has 0 bridgehead atoms. The predicted molar refractivity (Wildman–Crippen MR) is 103 cm³/mol. The Morgan fingerprint density at radius 1 is 1.00 bits per heavy atom. The van der Waals surface area contributed by atoms with Gasteiger partial charge in [-0.2, -0.15) is 5.10 Å². The molecule has 0 spiro atoms. The van der Waals surface area contributed by atoms with Crippen LogP contribution in [0.1, 0.15) is 36.8 Å². The summed E-state index contributed by atoms with van der Waals surface area (Å²) in [6.07, 6.45) is 7.82. The van der Waals surface area contributed by atoms with Crippen molar-refractivity contribution in [1.82, 2.24) is 14.7 Å². The Labute approximate surface area is 155 Å². The second kappa shape index (κ2) is 7.71. The summed E-state index contributed by atoms with van der Waals surface area (Å²) < 4.78 is 1.41. The standard InChI is InChI=1S/C20H25N3O.ClH/c1-22-20(24)9-8-19(21-22)17-7-6-15-10-12-23(13-11-16(15)14-17)18-4-2-3-5-18;/h6-9,14,18H,2-5,10-13H2,1H3;1H. The molecule has 0 unspecified atom stereocenters. The summed E-state index contributed by atoms with van der Waals surface area (Å²) in [5, 5.41) is 4.39. The van der Waals surface area contributed by atoms with Crippen LogP contribution in [0.4, 0.5) is 0 Å². The van der Waals surface area contributed by atoms with Gasteiger partial charge in [0.2, 0.25) is 0 Å². The molecule has 0 radical (unpaired) electrons. The lowest BCUT2D eigenvalue weighted by Gasteiger charge is -2.26. The number of halogens is 1. The first kappa shape index (κ1) is 18.2. The molecule has 1 saturated carbocycles. The largest absolute Gasteiger partial charge is 0.300 e. The smallest absolute Gasteiger partial charge is 0.266 e. The fourth-order valence-electron chi connectivity index (χ4n) is 4.19. The Morgan fingerprint density at radius 3 is 2.44 bits per heavy atom. The zero-order valence-electron chi connectivity index (χ0n) is 14.8. The van der Waals surface area contributed by atoms with Crippen LogP contribution >= 0.6 is 12.4 Å². The number of benzene rings is 1. The molecule has 1 aromatic carbocycles. The SMILES string of the molecule is Cl.Cn1nc(-c2ccc3c(c2)CCN(C2CCCC2)CC3)ccc1=O. The van der Waals surface area contributed by atoms with E-state index in [0.717, 1.165) is 30.1 Å². The fraction of sp³-hybridized carbons (Fsp3) is 0.500. The molecule has 4 rings (SSSR count). The molecule has 25 heavy (non-hydrogen) atoms. The van der Waals surface area contributed by atoms with Gasteiger partial charge >= 0.3 is 0 Å². The first-order chi connectivity index (χ1) is 11.7. The van der Waals surface area contributed by atoms with E-state index in [-0.39, 0.29) is 18.0 Å². The zero-order chi connectivity index (χ0) is 16.5. The van der Waals surface area contributed by atoms with Crippen molar-refractivity contribution >= 4 is 12.4 Å². The van der Waals surface area contributed by atoms with Gasteiger partial charge in [-0.15, -0.1) is 12.4 Å². The van der Waals surface area contributed by atoms with Gasteiger partial charge in [0.1, 0.15) is 0 Å². The van der Waals surface area contributed by atoms with Gasteiger partial charge in [-0.05, 0) is 48.9 Å². The van der Waals surface area contributed by atoms with Crippen LogP contribution in [-0.2, 0) is 19.9 Å². The number of nitrogens with zero attached hydrogens (tertiary/aromatic N) is 3. The number of hydrogen-bond donors (Lipinski definition) is 0. The van der Waals surface area contributed by atoms with Crippen molar-refractivity contribution in [2.24, 2.45) is 7.05 Å². The monoisotopic (exact) mass is 359 g/mol. The van der Waals surface area contributed by atoms with Gasteiger partial charge in [0.05, 0.1) is 5.69 Å². The summed E-state index contributed by atoms with van der Waals surface area (Å²) >= 11 is 0. The number of hydrogen-bond acceptors (Lipinski definition) is 3. The molecule has 134 valence electrons. The summed E-state index contributed by atoms with van der Waals surface area (Å²) in [7, 11) is 1.70. The molecule has 1 aliphatic carbocycles. The molecular weight excluding hydrogens is 334 g/mol. The highest BCUT2D eigenvalue weighted by atomic mass is 35.5. The van der Waals surface area contributed by atoms with Crippen LogP contribution in [0.2, 0.25) is 0 Å². The van der Waals surface area contributed by atoms with Gasteiger partial charge in [-0.25, -0.2) is 4.68 Å². The molecule has 0 saturated heterocycles. The maximum atomic E-state index is 11.5. The van der Waals surface area contributed by atoms with Crippen LogP contribution in [0.3, 0.4) is 0 Å². The molecule has 2 heterocycles. The average Bonchev–Trinajstić information content (AvgIpc) is 3.04. The van der Waals surface area contributed by atoms with E-state index in [4.69, 9.17) is 0 Å². The van der Waals surface area contributed by atoms with Gasteiger partial charge in [0.15, 0.2) is 0 Å². The molecule has 0 atom stereocenters. The Balaban J connectivity index is 0.00000182. The lowest BCUT2D eigenvalue weighted by atomic mass is 9.99. The molecule has 2 aliphatic rings. The Kier molecular flexibility index (Phi) is 5.60. The Morgan fingerprint density at radius 2 is 1.72 bits per heavy atom. The lowest BCUT2D eigenvalue weighted by molar-refractivity contribution is 0.208. The third-order valence-electron chi connectivity index (χ3n) is 5.64. The number of aromatic nitrogens is 2. The van der Waals surface area contributed by atoms with Crippen LogP contribution < -0.4 is 5.56 Å². The topological polar surface area (TPSA) is 38.1 Å². The highest BCUT2D eigenvalue weighted by Crippen LogP contribution is 2.28. The van der Waals surface area contributed by atoms with Crippen LogP contribution in [0.15, 0.2) is 35.1 Å². The first-order valence-corrected chi connectivity index (χ1v) is 9.11. The van der Waals surface area contributed by atoms with Gasteiger partial charge in [0, 0.05) is 37.8 Å². The van der Waals surface area contributed by atoms with E-state index in [1.54, 1.807) is 13.1 Å². The van der Waals surface area contributed by atoms with Gasteiger partial charge < -0.3 is 0 Å². The summed E-state index contributed by atoms with van der Waals surface area (Å²) in [6, 6.07) is 10.9. The second-order valence-electron chi connectivity index (χ2n) is 7.14. The van der Waals surface area contributed by atoms with Crippen molar-refractivity contribution in [3.05, 3.63) is 51.8 Å². The normalized spacial score (nSPS) is 18.4. The summed E-state index contributed by atoms with van der Waals surface area (Å²) in [4.78, 5) is 14.2. The van der Waals surface area contributed by atoms with Crippen LogP contribution in [0, 0.1) is 0 Å². The van der Waals surface area contributed by atoms with Gasteiger partial charge in [-0.3, -0.25) is 9.69 Å². The average molecular weight is 360 g/mol. The minimum atomic E-state index is -0.0688. The van der Waals surface area contributed by atoms with Gasteiger partial charge in [0.25, 0.3) is 5.56 Å². The minimum Gasteiger partial charge on any atom is -0.300 e. The quantitative estimate of drug-likeness (QED) is 0.826. The van der Waals surface area contributed by atoms with E-state index in [2.05, 4.69) is 28.2 Å². The van der Waals surface area contributed by atoms with E-state index in [9.17, 15) is 4.79 Å². The van der Waals surface area contributed by atoms with Crippen molar-refractivity contribution < 1.29 is 0 Å². The summed E-state index contributed by atoms with van der Waals surface area (Å²) in [5.41, 5.74) is 4.84. The Hall–Kier alpha value is -1.65. The first-order valence-electron chi connectivity index (χ1n) is 9.11. The molecular formula is C20H26ClN3O. The van der Waals surface area contributed by atoms with Crippen LogP contribution in [-0.4, -0.2) is 33.8 Å². The molecule has 4 nitrogen and oxygen atoms in total. The number of rotatable bonds is 2. The molecule has 5 heteroatoms. The van der Waals surface area contributed by atoms with Gasteiger partial charge in [-0.1, -0.05) is 25.0 Å². The molecule has 0 amide bonds. The zero-order valence-corrected chi connectivity index (χ0v) is 15.6. The molecule has 2 aromatic rings. The van der Waals surface area contributed by atoms with E-state index in [1.807, 2.05) is 6.07 Å². The van der Waals surface area contributed by atoms with Crippen molar-refractivity contribution in [3.8, 4) is 11.3 Å². The summed E-state index contributed by atoms with van der Waals surface area (Å²) in [6.45, 7) is 2.36. The highest BCUT2D eigenvalue weighted by Gasteiger charge is 2.24. The fourth-order valence-corrected chi connectivity index (χ4v) is 4.19. The van der Waals surface area contributed by atoms with E-state index >= 15 is 0 Å². The maximum absolute atomic E-state index is 11.5. The third-order valence-corrected chi connectivity index (χ3v) is 5.64. The van der Waals surface area contributed by atoms with Crippen LogP contribution in [0.5, 0.6) is 0 Å². The molecule has 0 N–H and O–H groups in total. The minimum absolute atomic E-state index is 0. The third kappa shape index (κ3) is 3.80. The van der Waals surface area contributed by atoms with Crippen LogP contribution in [0.25, 0.3) is 11.3 Å². The second-order valence-corrected chi connectivity index (χ2v) is 7.14. The van der Waals surface area contributed by atoms with Crippen molar-refractivity contribution in [3.63, 3.8) is 0 Å². The number of aryl methyl sites for hydroxylation is 1. The Bertz CT molecular complexity index is 796. The lowest BCUT2D eigenvalue weighted by Crippen LogP contribution is -2.35. The number of fused-ring (bicyclic) bond motifs is 1. The summed E-state index contributed by atoms with van der Waals surface area (Å²) in [5.74, 6) is 0. The van der Waals surface area contributed by atoms with E-state index in [1.165, 1.54) is 54.6 Å². The van der Waals surface area contributed by atoms with E-state index in [0.29, 0.717) is 0 Å². The van der Waals surface area contributed by atoms with Crippen molar-refractivity contribution in [2.45, 2.75) is 44.6 Å². The molecule has 1 fully saturated rings. The molecule has 1 aliphatic heterocycles. The van der Waals surface area contributed by atoms with Crippen molar-refractivity contribution in [2.75, 3.05) is 13.1 Å². The molecule has 1 aromatic heterocycles. The van der Waals surface area contributed by atoms with Crippen molar-refractivity contribution in [1.29, 1.82) is 0 Å². The maximum Gasteiger partial charge on any atom is 0.266 e. The highest BCUT2D eigenvalue weighted by molar-refractivity contribution is 5.85.